The Morgan fingerprint density at radius 3 is 1.93 bits per heavy atom. The second-order valence-corrected chi connectivity index (χ2v) is 6.17. The number of rotatable bonds is 10. The summed E-state index contributed by atoms with van der Waals surface area (Å²) < 4.78 is 15.3. The van der Waals surface area contributed by atoms with Gasteiger partial charge in [0.1, 0.15) is 19.8 Å². The summed E-state index contributed by atoms with van der Waals surface area (Å²) in [5.74, 6) is -1.91. The van der Waals surface area contributed by atoms with E-state index >= 15 is 0 Å². The van der Waals surface area contributed by atoms with Gasteiger partial charge < -0.3 is 19.3 Å². The Kier molecular flexibility index (Phi) is 8.65. The molecule has 1 amide bonds. The summed E-state index contributed by atoms with van der Waals surface area (Å²) in [6, 6.07) is 16.8. The van der Waals surface area contributed by atoms with Crippen LogP contribution in [0, 0.1) is 0 Å². The van der Waals surface area contributed by atoms with Crippen LogP contribution >= 0.6 is 0 Å². The zero-order valence-electron chi connectivity index (χ0n) is 16.0. The molecular weight excluding hydrogens is 378 g/mol. The minimum atomic E-state index is -1.31. The lowest BCUT2D eigenvalue weighted by atomic mass is 10.2. The van der Waals surface area contributed by atoms with Crippen LogP contribution < -0.4 is 0 Å². The number of carbonyl (C=O) groups is 3. The molecule has 2 aromatic carbocycles. The lowest BCUT2D eigenvalue weighted by Gasteiger charge is -2.24. The monoisotopic (exact) mass is 401 g/mol. The molecule has 1 atom stereocenters. The van der Waals surface area contributed by atoms with Gasteiger partial charge in [0, 0.05) is 7.05 Å². The molecule has 2 rings (SSSR count). The smallest absolute Gasteiger partial charge is 0.410 e. The number of amides is 1. The molecule has 29 heavy (non-hydrogen) atoms. The average Bonchev–Trinajstić information content (AvgIpc) is 2.74. The van der Waals surface area contributed by atoms with Crippen molar-refractivity contribution in [3.8, 4) is 0 Å². The first-order valence-corrected chi connectivity index (χ1v) is 8.91. The number of carbonyl (C=O) groups excluding carboxylic acids is 2. The quantitative estimate of drug-likeness (QED) is 0.610. The Hall–Kier alpha value is -3.39. The second-order valence-electron chi connectivity index (χ2n) is 6.17. The predicted molar refractivity (Wildman–Crippen MR) is 103 cm³/mol. The zero-order valence-corrected chi connectivity index (χ0v) is 16.0. The summed E-state index contributed by atoms with van der Waals surface area (Å²) in [6.45, 7) is -0.698. The van der Waals surface area contributed by atoms with Crippen molar-refractivity contribution in [1.29, 1.82) is 0 Å². The summed E-state index contributed by atoms with van der Waals surface area (Å²) in [5, 5.41) is 9.35. The van der Waals surface area contributed by atoms with Gasteiger partial charge in [-0.2, -0.15) is 0 Å². The fourth-order valence-electron chi connectivity index (χ4n) is 2.33. The number of likely N-dealkylation sites (N-methyl/N-ethyl adjacent to an activating group) is 1. The molecule has 8 nitrogen and oxygen atoms in total. The third kappa shape index (κ3) is 7.63. The van der Waals surface area contributed by atoms with Gasteiger partial charge in [-0.25, -0.2) is 14.4 Å². The highest BCUT2D eigenvalue weighted by Gasteiger charge is 2.28. The van der Waals surface area contributed by atoms with Gasteiger partial charge in [-0.1, -0.05) is 60.7 Å². The number of ether oxygens (including phenoxy) is 3. The topological polar surface area (TPSA) is 102 Å². The lowest BCUT2D eigenvalue weighted by Crippen LogP contribution is -2.45. The number of aliphatic carboxylic acids is 1. The van der Waals surface area contributed by atoms with Crippen LogP contribution in [0.15, 0.2) is 60.7 Å². The van der Waals surface area contributed by atoms with Crippen molar-refractivity contribution in [3.63, 3.8) is 0 Å². The van der Waals surface area contributed by atoms with E-state index in [0.29, 0.717) is 0 Å². The largest absolute Gasteiger partial charge is 0.480 e. The molecule has 1 unspecified atom stereocenters. The minimum absolute atomic E-state index is 0.0169. The maximum absolute atomic E-state index is 12.1. The molecule has 0 aliphatic rings. The van der Waals surface area contributed by atoms with Crippen LogP contribution in [0.4, 0.5) is 4.79 Å². The molecule has 8 heteroatoms. The number of esters is 1. The summed E-state index contributed by atoms with van der Waals surface area (Å²) in [4.78, 5) is 36.2. The van der Waals surface area contributed by atoms with E-state index in [1.165, 1.54) is 7.05 Å². The molecule has 0 saturated heterocycles. The molecule has 0 heterocycles. The van der Waals surface area contributed by atoms with Gasteiger partial charge in [0.15, 0.2) is 6.04 Å². The minimum Gasteiger partial charge on any atom is -0.480 e. The molecule has 2 aromatic rings. The zero-order chi connectivity index (χ0) is 21.1. The van der Waals surface area contributed by atoms with Gasteiger partial charge >= 0.3 is 18.0 Å². The van der Waals surface area contributed by atoms with E-state index in [2.05, 4.69) is 0 Å². The third-order valence-electron chi connectivity index (χ3n) is 3.98. The van der Waals surface area contributed by atoms with E-state index in [9.17, 15) is 19.5 Å². The molecule has 0 radical (unpaired) electrons. The van der Waals surface area contributed by atoms with Crippen LogP contribution in [0.5, 0.6) is 0 Å². The first-order valence-electron chi connectivity index (χ1n) is 8.91. The number of hydrogen-bond donors (Lipinski definition) is 1. The molecule has 0 aliphatic carbocycles. The molecule has 0 aliphatic heterocycles. The first-order chi connectivity index (χ1) is 14.0. The van der Waals surface area contributed by atoms with E-state index in [1.807, 2.05) is 36.4 Å². The lowest BCUT2D eigenvalue weighted by molar-refractivity contribution is -0.154. The third-order valence-corrected chi connectivity index (χ3v) is 3.98. The van der Waals surface area contributed by atoms with Crippen molar-refractivity contribution in [2.75, 3.05) is 20.3 Å². The average molecular weight is 401 g/mol. The number of benzene rings is 2. The van der Waals surface area contributed by atoms with Crippen LogP contribution in [0.1, 0.15) is 11.1 Å². The van der Waals surface area contributed by atoms with Crippen LogP contribution in [-0.2, 0) is 37.0 Å². The SMILES string of the molecule is CN(C(=O)OCc1ccccc1)C(COCC(=O)OCc1ccccc1)C(=O)O. The Morgan fingerprint density at radius 1 is 0.897 bits per heavy atom. The number of hydrogen-bond acceptors (Lipinski definition) is 6. The van der Waals surface area contributed by atoms with Gasteiger partial charge in [-0.05, 0) is 11.1 Å². The summed E-state index contributed by atoms with van der Waals surface area (Å²) in [6.07, 6.45) is -0.809. The van der Waals surface area contributed by atoms with E-state index in [-0.39, 0.29) is 19.8 Å². The fraction of sp³-hybridized carbons (Fsp3) is 0.286. The van der Waals surface area contributed by atoms with Gasteiger partial charge in [0.25, 0.3) is 0 Å². The molecular formula is C21H23NO7. The van der Waals surface area contributed by atoms with E-state index in [0.717, 1.165) is 16.0 Å². The summed E-state index contributed by atoms with van der Waals surface area (Å²) in [7, 11) is 1.29. The van der Waals surface area contributed by atoms with Crippen molar-refractivity contribution < 1.29 is 33.7 Å². The highest BCUT2D eigenvalue weighted by molar-refractivity contribution is 5.80. The molecule has 0 spiro atoms. The van der Waals surface area contributed by atoms with Crippen LogP contribution in [-0.4, -0.2) is 54.3 Å². The molecule has 154 valence electrons. The van der Waals surface area contributed by atoms with Gasteiger partial charge in [-0.15, -0.1) is 0 Å². The first kappa shape index (κ1) is 21.9. The fourth-order valence-corrected chi connectivity index (χ4v) is 2.33. The summed E-state index contributed by atoms with van der Waals surface area (Å²) in [5.41, 5.74) is 1.60. The van der Waals surface area contributed by atoms with E-state index in [4.69, 9.17) is 14.2 Å². The number of nitrogens with zero attached hydrogens (tertiary/aromatic N) is 1. The standard InChI is InChI=1S/C21H23NO7/c1-22(21(26)29-13-17-10-6-3-7-11-17)18(20(24)25)14-27-15-19(23)28-12-16-8-4-2-5-9-16/h2-11,18H,12-15H2,1H3,(H,24,25). The van der Waals surface area contributed by atoms with Crippen molar-refractivity contribution in [2.24, 2.45) is 0 Å². The second kappa shape index (κ2) is 11.5. The molecule has 0 bridgehead atoms. The van der Waals surface area contributed by atoms with Crippen molar-refractivity contribution in [2.45, 2.75) is 19.3 Å². The Balaban J connectivity index is 1.75. The van der Waals surface area contributed by atoms with Crippen molar-refractivity contribution >= 4 is 18.0 Å². The van der Waals surface area contributed by atoms with Gasteiger partial charge in [0.2, 0.25) is 0 Å². The number of carboxylic acid groups (broad SMARTS) is 1. The highest BCUT2D eigenvalue weighted by atomic mass is 16.6. The van der Waals surface area contributed by atoms with Crippen molar-refractivity contribution in [3.05, 3.63) is 71.8 Å². The van der Waals surface area contributed by atoms with Gasteiger partial charge in [0.05, 0.1) is 6.61 Å². The number of carboxylic acids is 1. The van der Waals surface area contributed by atoms with E-state index in [1.54, 1.807) is 24.3 Å². The van der Waals surface area contributed by atoms with Crippen LogP contribution in [0.2, 0.25) is 0 Å². The molecule has 0 saturated carbocycles. The van der Waals surface area contributed by atoms with Crippen LogP contribution in [0.3, 0.4) is 0 Å². The molecule has 0 fully saturated rings. The van der Waals surface area contributed by atoms with E-state index < -0.39 is 30.7 Å². The van der Waals surface area contributed by atoms with Crippen molar-refractivity contribution in [1.82, 2.24) is 4.90 Å². The Labute approximate surface area is 168 Å². The van der Waals surface area contributed by atoms with Crippen LogP contribution in [0.25, 0.3) is 0 Å². The Morgan fingerprint density at radius 2 is 1.41 bits per heavy atom. The predicted octanol–water partition coefficient (Wildman–Crippen LogP) is 2.47. The normalized spacial score (nSPS) is 11.3. The maximum Gasteiger partial charge on any atom is 0.410 e. The molecule has 0 aromatic heterocycles. The highest BCUT2D eigenvalue weighted by Crippen LogP contribution is 2.06. The maximum atomic E-state index is 12.1. The molecule has 1 N–H and O–H groups in total. The van der Waals surface area contributed by atoms with Gasteiger partial charge in [-0.3, -0.25) is 4.90 Å². The summed E-state index contributed by atoms with van der Waals surface area (Å²) >= 11 is 0. The Bertz CT molecular complexity index is 795.